The fourth-order valence-corrected chi connectivity index (χ4v) is 1.91. The van der Waals surface area contributed by atoms with Crippen molar-refractivity contribution in [2.24, 2.45) is 5.92 Å². The van der Waals surface area contributed by atoms with Crippen molar-refractivity contribution in [2.75, 3.05) is 13.2 Å². The smallest absolute Gasteiger partial charge is 0.245 e. The predicted octanol–water partition coefficient (Wildman–Crippen LogP) is 0.201. The summed E-state index contributed by atoms with van der Waals surface area (Å²) in [5, 5.41) is 22.9. The summed E-state index contributed by atoms with van der Waals surface area (Å²) in [6.45, 7) is 2.32. The van der Waals surface area contributed by atoms with Gasteiger partial charge in [-0.3, -0.25) is 4.79 Å². The van der Waals surface area contributed by atoms with Crippen LogP contribution in [0.5, 0.6) is 0 Å². The van der Waals surface area contributed by atoms with Crippen LogP contribution >= 0.6 is 0 Å². The Bertz CT molecular complexity index is 544. The number of hydrogen-bond acceptors (Lipinski definition) is 5. The van der Waals surface area contributed by atoms with Crippen LogP contribution in [-0.2, 0) is 11.2 Å². The minimum Gasteiger partial charge on any atom is -0.396 e. The molecule has 0 saturated carbocycles. The van der Waals surface area contributed by atoms with E-state index in [-0.39, 0.29) is 18.4 Å². The zero-order valence-corrected chi connectivity index (χ0v) is 11.9. The van der Waals surface area contributed by atoms with Crippen LogP contribution < -0.4 is 5.32 Å². The molecule has 1 aromatic carbocycles. The van der Waals surface area contributed by atoms with Crippen LogP contribution in [0.1, 0.15) is 18.5 Å². The molecule has 0 fully saturated rings. The van der Waals surface area contributed by atoms with Gasteiger partial charge in [-0.25, -0.2) is 4.68 Å². The van der Waals surface area contributed by atoms with Gasteiger partial charge in [0.15, 0.2) is 0 Å². The molecule has 1 amide bonds. The first-order valence-corrected chi connectivity index (χ1v) is 6.85. The van der Waals surface area contributed by atoms with E-state index in [1.54, 1.807) is 0 Å². The van der Waals surface area contributed by atoms with Crippen LogP contribution in [0.4, 0.5) is 0 Å². The van der Waals surface area contributed by atoms with Crippen LogP contribution in [0.15, 0.2) is 36.7 Å². The molecule has 7 heteroatoms. The molecule has 1 aromatic heterocycles. The number of amides is 1. The highest BCUT2D eigenvalue weighted by Crippen LogP contribution is 2.13. The van der Waals surface area contributed by atoms with Crippen LogP contribution in [0.2, 0.25) is 0 Å². The summed E-state index contributed by atoms with van der Waals surface area (Å²) < 4.78 is 1.45. The summed E-state index contributed by atoms with van der Waals surface area (Å²) in [7, 11) is 0. The van der Waals surface area contributed by atoms with Crippen molar-refractivity contribution in [1.82, 2.24) is 25.5 Å². The van der Waals surface area contributed by atoms with Gasteiger partial charge in [-0.1, -0.05) is 37.3 Å². The van der Waals surface area contributed by atoms with Crippen molar-refractivity contribution in [1.29, 1.82) is 0 Å². The standard InChI is InChI=1S/C14H19N5O2/c1-11(9-20)8-15-14(21)13(19-10-16-17-18-19)7-12-5-3-2-4-6-12/h2-6,10-11,13,20H,7-9H2,1H3,(H,15,21). The van der Waals surface area contributed by atoms with Gasteiger partial charge < -0.3 is 10.4 Å². The predicted molar refractivity (Wildman–Crippen MR) is 76.3 cm³/mol. The van der Waals surface area contributed by atoms with E-state index in [0.717, 1.165) is 5.56 Å². The van der Waals surface area contributed by atoms with Crippen LogP contribution in [0.25, 0.3) is 0 Å². The van der Waals surface area contributed by atoms with E-state index >= 15 is 0 Å². The molecule has 0 aliphatic heterocycles. The molecule has 0 spiro atoms. The maximum absolute atomic E-state index is 12.4. The molecular weight excluding hydrogens is 270 g/mol. The molecule has 7 nitrogen and oxygen atoms in total. The first kappa shape index (κ1) is 15.1. The lowest BCUT2D eigenvalue weighted by Gasteiger charge is -2.17. The van der Waals surface area contributed by atoms with Gasteiger partial charge in [0.2, 0.25) is 5.91 Å². The van der Waals surface area contributed by atoms with Gasteiger partial charge in [-0.2, -0.15) is 0 Å². The molecule has 0 aliphatic rings. The lowest BCUT2D eigenvalue weighted by molar-refractivity contribution is -0.124. The Morgan fingerprint density at radius 2 is 2.14 bits per heavy atom. The first-order chi connectivity index (χ1) is 10.2. The van der Waals surface area contributed by atoms with E-state index in [0.29, 0.717) is 13.0 Å². The largest absolute Gasteiger partial charge is 0.396 e. The van der Waals surface area contributed by atoms with Gasteiger partial charge in [0.25, 0.3) is 0 Å². The maximum atomic E-state index is 12.4. The Hall–Kier alpha value is -2.28. The third kappa shape index (κ3) is 4.35. The van der Waals surface area contributed by atoms with Gasteiger partial charge in [-0.05, 0) is 21.9 Å². The molecule has 2 atom stereocenters. The summed E-state index contributed by atoms with van der Waals surface area (Å²) in [4.78, 5) is 12.4. The van der Waals surface area contributed by atoms with Crippen molar-refractivity contribution < 1.29 is 9.90 Å². The van der Waals surface area contributed by atoms with Gasteiger partial charge >= 0.3 is 0 Å². The molecule has 2 N–H and O–H groups in total. The van der Waals surface area contributed by atoms with E-state index in [1.165, 1.54) is 11.0 Å². The molecule has 0 radical (unpaired) electrons. The molecule has 21 heavy (non-hydrogen) atoms. The van der Waals surface area contributed by atoms with Crippen molar-refractivity contribution in [3.8, 4) is 0 Å². The Labute approximate surface area is 123 Å². The normalized spacial score (nSPS) is 13.6. The molecule has 1 heterocycles. The summed E-state index contributed by atoms with van der Waals surface area (Å²) in [6.07, 6.45) is 1.94. The van der Waals surface area contributed by atoms with Gasteiger partial charge in [0, 0.05) is 19.6 Å². The number of rotatable bonds is 7. The number of carbonyl (C=O) groups is 1. The Morgan fingerprint density at radius 1 is 1.38 bits per heavy atom. The van der Waals surface area contributed by atoms with Crippen LogP contribution in [0.3, 0.4) is 0 Å². The lowest BCUT2D eigenvalue weighted by Crippen LogP contribution is -2.37. The number of benzene rings is 1. The highest BCUT2D eigenvalue weighted by atomic mass is 16.3. The zero-order chi connectivity index (χ0) is 15.1. The summed E-state index contributed by atoms with van der Waals surface area (Å²) in [5.74, 6) is -0.147. The monoisotopic (exact) mass is 289 g/mol. The highest BCUT2D eigenvalue weighted by molar-refractivity contribution is 5.80. The number of nitrogens with zero attached hydrogens (tertiary/aromatic N) is 4. The molecule has 0 saturated heterocycles. The third-order valence-corrected chi connectivity index (χ3v) is 3.20. The number of aliphatic hydroxyl groups is 1. The molecule has 0 aliphatic carbocycles. The topological polar surface area (TPSA) is 92.9 Å². The number of hydrogen-bond donors (Lipinski definition) is 2. The lowest BCUT2D eigenvalue weighted by atomic mass is 10.1. The zero-order valence-electron chi connectivity index (χ0n) is 11.9. The van der Waals surface area contributed by atoms with Crippen molar-refractivity contribution in [3.63, 3.8) is 0 Å². The molecule has 0 bridgehead atoms. The molecule has 2 aromatic rings. The summed E-state index contributed by atoms with van der Waals surface area (Å²) in [6, 6.07) is 9.20. The van der Waals surface area contributed by atoms with E-state index in [9.17, 15) is 4.79 Å². The molecule has 2 rings (SSSR count). The average molecular weight is 289 g/mol. The van der Waals surface area contributed by atoms with Crippen LogP contribution in [0, 0.1) is 5.92 Å². The quantitative estimate of drug-likeness (QED) is 0.759. The fraction of sp³-hybridized carbons (Fsp3) is 0.429. The second kappa shape index (κ2) is 7.49. The average Bonchev–Trinajstić information content (AvgIpc) is 3.05. The van der Waals surface area contributed by atoms with Crippen molar-refractivity contribution in [2.45, 2.75) is 19.4 Å². The number of aromatic nitrogens is 4. The molecule has 2 unspecified atom stereocenters. The second-order valence-corrected chi connectivity index (χ2v) is 5.03. The number of nitrogens with one attached hydrogen (secondary N) is 1. The van der Waals surface area contributed by atoms with E-state index < -0.39 is 6.04 Å². The SMILES string of the molecule is CC(CO)CNC(=O)C(Cc1ccccc1)n1cnnn1. The molecular formula is C14H19N5O2. The number of carbonyl (C=O) groups excluding carboxylic acids is 1. The highest BCUT2D eigenvalue weighted by Gasteiger charge is 2.22. The van der Waals surface area contributed by atoms with Gasteiger partial charge in [-0.15, -0.1) is 5.10 Å². The Morgan fingerprint density at radius 3 is 2.76 bits per heavy atom. The number of tetrazole rings is 1. The van der Waals surface area contributed by atoms with Crippen molar-refractivity contribution in [3.05, 3.63) is 42.2 Å². The number of aliphatic hydroxyl groups excluding tert-OH is 1. The van der Waals surface area contributed by atoms with Gasteiger partial charge in [0.05, 0.1) is 0 Å². The summed E-state index contributed by atoms with van der Waals surface area (Å²) >= 11 is 0. The second-order valence-electron chi connectivity index (χ2n) is 5.03. The third-order valence-electron chi connectivity index (χ3n) is 3.20. The first-order valence-electron chi connectivity index (χ1n) is 6.85. The fourth-order valence-electron chi connectivity index (χ4n) is 1.91. The van der Waals surface area contributed by atoms with Crippen LogP contribution in [-0.4, -0.2) is 44.4 Å². The van der Waals surface area contributed by atoms with Crippen molar-refractivity contribution >= 4 is 5.91 Å². The van der Waals surface area contributed by atoms with E-state index in [2.05, 4.69) is 20.8 Å². The van der Waals surface area contributed by atoms with Gasteiger partial charge in [0.1, 0.15) is 12.4 Å². The minimum absolute atomic E-state index is 0.0141. The van der Waals surface area contributed by atoms with E-state index in [4.69, 9.17) is 5.11 Å². The Balaban J connectivity index is 2.08. The minimum atomic E-state index is -0.506. The summed E-state index contributed by atoms with van der Waals surface area (Å²) in [5.41, 5.74) is 1.03. The van der Waals surface area contributed by atoms with E-state index in [1.807, 2.05) is 37.3 Å². The molecule has 112 valence electrons. The Kier molecular flexibility index (Phi) is 5.39. The maximum Gasteiger partial charge on any atom is 0.245 e.